The van der Waals surface area contributed by atoms with Crippen LogP contribution in [-0.2, 0) is 7.05 Å². The summed E-state index contributed by atoms with van der Waals surface area (Å²) >= 11 is 0. The Morgan fingerprint density at radius 3 is 2.68 bits per heavy atom. The molecule has 1 fully saturated rings. The van der Waals surface area contributed by atoms with Gasteiger partial charge >= 0.3 is 0 Å². The predicted octanol–water partition coefficient (Wildman–Crippen LogP) is 3.28. The molecule has 0 aliphatic heterocycles. The van der Waals surface area contributed by atoms with Crippen LogP contribution in [0.4, 0.5) is 0 Å². The molecule has 0 unspecified atom stereocenters. The molecule has 3 aromatic rings. The number of benzene rings is 2. The first-order chi connectivity index (χ1) is 13.6. The highest BCUT2D eigenvalue weighted by Crippen LogP contribution is 2.34. The van der Waals surface area contributed by atoms with Crippen molar-refractivity contribution in [2.24, 2.45) is 7.05 Å². The van der Waals surface area contributed by atoms with E-state index in [-0.39, 0.29) is 18.1 Å². The zero-order valence-electron chi connectivity index (χ0n) is 16.2. The van der Waals surface area contributed by atoms with E-state index in [0.29, 0.717) is 11.3 Å². The quantitative estimate of drug-likeness (QED) is 0.729. The second-order valence-electron chi connectivity index (χ2n) is 7.38. The summed E-state index contributed by atoms with van der Waals surface area (Å²) < 4.78 is 7.44. The Bertz CT molecular complexity index is 1000. The van der Waals surface area contributed by atoms with Gasteiger partial charge in [-0.05, 0) is 49.9 Å². The van der Waals surface area contributed by atoms with Crippen LogP contribution in [0, 0.1) is 0 Å². The molecule has 1 heterocycles. The number of methoxy groups -OCH3 is 1. The van der Waals surface area contributed by atoms with Crippen LogP contribution in [0.25, 0.3) is 22.2 Å². The minimum Gasteiger partial charge on any atom is -0.496 e. The van der Waals surface area contributed by atoms with Crippen molar-refractivity contribution in [3.8, 4) is 17.0 Å². The Balaban J connectivity index is 1.62. The van der Waals surface area contributed by atoms with Crippen LogP contribution < -0.4 is 10.1 Å². The normalized spacial score (nSPS) is 19.5. The Labute approximate surface area is 164 Å². The molecule has 2 N–H and O–H groups in total. The summed E-state index contributed by atoms with van der Waals surface area (Å²) in [4.78, 5) is 12.7. The number of carbonyl (C=O) groups excluding carboxylic acids is 1. The van der Waals surface area contributed by atoms with E-state index in [2.05, 4.69) is 10.4 Å². The number of rotatable bonds is 4. The van der Waals surface area contributed by atoms with E-state index in [1.54, 1.807) is 13.2 Å². The highest BCUT2D eigenvalue weighted by atomic mass is 16.5. The van der Waals surface area contributed by atoms with E-state index in [1.165, 1.54) is 0 Å². The van der Waals surface area contributed by atoms with Gasteiger partial charge in [0.1, 0.15) is 11.4 Å². The van der Waals surface area contributed by atoms with Crippen LogP contribution >= 0.6 is 0 Å². The predicted molar refractivity (Wildman–Crippen MR) is 108 cm³/mol. The van der Waals surface area contributed by atoms with E-state index in [9.17, 15) is 9.90 Å². The van der Waals surface area contributed by atoms with Crippen molar-refractivity contribution < 1.29 is 14.6 Å². The lowest BCUT2D eigenvalue weighted by molar-refractivity contribution is 0.0867. The maximum Gasteiger partial charge on any atom is 0.251 e. The fourth-order valence-electron chi connectivity index (χ4n) is 3.93. The van der Waals surface area contributed by atoms with Gasteiger partial charge in [0.15, 0.2) is 0 Å². The third-order valence-electron chi connectivity index (χ3n) is 5.51. The summed E-state index contributed by atoms with van der Waals surface area (Å²) in [6.07, 6.45) is 2.85. The van der Waals surface area contributed by atoms with Crippen LogP contribution in [-0.4, -0.2) is 40.0 Å². The molecule has 1 amide bonds. The third kappa shape index (κ3) is 3.47. The molecule has 6 heteroatoms. The molecule has 4 rings (SSSR count). The van der Waals surface area contributed by atoms with E-state index < -0.39 is 0 Å². The number of aromatic nitrogens is 2. The first kappa shape index (κ1) is 18.5. The minimum absolute atomic E-state index is 0.112. The van der Waals surface area contributed by atoms with Gasteiger partial charge < -0.3 is 15.2 Å². The smallest absolute Gasteiger partial charge is 0.251 e. The van der Waals surface area contributed by atoms with Crippen LogP contribution in [0.15, 0.2) is 42.5 Å². The SMILES string of the molecule is COc1cc(C(=O)NC2CCC(O)CC2)ccc1-c1nn(C)c2ccccc12. The molecular formula is C22H25N3O3. The molecule has 1 aromatic heterocycles. The number of nitrogens with one attached hydrogen (secondary N) is 1. The number of hydrogen-bond donors (Lipinski definition) is 2. The summed E-state index contributed by atoms with van der Waals surface area (Å²) in [5.41, 5.74) is 3.30. The molecule has 1 aliphatic rings. The monoisotopic (exact) mass is 379 g/mol. The van der Waals surface area contributed by atoms with Crippen molar-refractivity contribution in [2.75, 3.05) is 7.11 Å². The summed E-state index contributed by atoms with van der Waals surface area (Å²) in [7, 11) is 3.52. The van der Waals surface area contributed by atoms with Crippen molar-refractivity contribution >= 4 is 16.8 Å². The van der Waals surface area contributed by atoms with Crippen LogP contribution in [0.5, 0.6) is 5.75 Å². The van der Waals surface area contributed by atoms with Crippen molar-refractivity contribution in [2.45, 2.75) is 37.8 Å². The molecule has 1 aliphatic carbocycles. The second kappa shape index (κ2) is 7.64. The van der Waals surface area contributed by atoms with Gasteiger partial charge in [-0.3, -0.25) is 9.48 Å². The molecule has 1 saturated carbocycles. The number of fused-ring (bicyclic) bond motifs is 1. The molecule has 0 saturated heterocycles. The van der Waals surface area contributed by atoms with Gasteiger partial charge in [0.2, 0.25) is 0 Å². The summed E-state index contributed by atoms with van der Waals surface area (Å²) in [5, 5.41) is 18.4. The molecule has 28 heavy (non-hydrogen) atoms. The highest BCUT2D eigenvalue weighted by molar-refractivity contribution is 5.98. The van der Waals surface area contributed by atoms with Crippen molar-refractivity contribution in [3.63, 3.8) is 0 Å². The van der Waals surface area contributed by atoms with Crippen molar-refractivity contribution in [1.82, 2.24) is 15.1 Å². The van der Waals surface area contributed by atoms with Crippen LogP contribution in [0.1, 0.15) is 36.0 Å². The van der Waals surface area contributed by atoms with Gasteiger partial charge in [0.05, 0.1) is 18.7 Å². The van der Waals surface area contributed by atoms with E-state index >= 15 is 0 Å². The Hall–Kier alpha value is -2.86. The number of aryl methyl sites for hydroxylation is 1. The van der Waals surface area contributed by atoms with Gasteiger partial charge in [-0.15, -0.1) is 0 Å². The number of ether oxygens (including phenoxy) is 1. The average molecular weight is 379 g/mol. The minimum atomic E-state index is -0.235. The van der Waals surface area contributed by atoms with Gasteiger partial charge in [-0.1, -0.05) is 18.2 Å². The molecule has 0 atom stereocenters. The second-order valence-corrected chi connectivity index (χ2v) is 7.38. The number of hydrogen-bond acceptors (Lipinski definition) is 4. The number of nitrogens with zero attached hydrogens (tertiary/aromatic N) is 2. The number of para-hydroxylation sites is 1. The van der Waals surface area contributed by atoms with E-state index in [4.69, 9.17) is 4.74 Å². The zero-order chi connectivity index (χ0) is 19.7. The fourth-order valence-corrected chi connectivity index (χ4v) is 3.93. The lowest BCUT2D eigenvalue weighted by atomic mass is 9.93. The third-order valence-corrected chi connectivity index (χ3v) is 5.51. The average Bonchev–Trinajstić information content (AvgIpc) is 3.06. The van der Waals surface area contributed by atoms with Crippen molar-refractivity contribution in [1.29, 1.82) is 0 Å². The molecule has 6 nitrogen and oxygen atoms in total. The number of aliphatic hydroxyl groups is 1. The van der Waals surface area contributed by atoms with E-state index in [1.807, 2.05) is 48.1 Å². The van der Waals surface area contributed by atoms with Gasteiger partial charge in [0, 0.05) is 29.6 Å². The molecule has 0 bridgehead atoms. The molecular weight excluding hydrogens is 354 g/mol. The van der Waals surface area contributed by atoms with Crippen LogP contribution in [0.2, 0.25) is 0 Å². The Morgan fingerprint density at radius 2 is 1.93 bits per heavy atom. The molecule has 0 spiro atoms. The first-order valence-electron chi connectivity index (χ1n) is 9.66. The van der Waals surface area contributed by atoms with Gasteiger partial charge in [-0.2, -0.15) is 5.10 Å². The lowest BCUT2D eigenvalue weighted by Crippen LogP contribution is -2.38. The number of carbonyl (C=O) groups is 1. The summed E-state index contributed by atoms with van der Waals surface area (Å²) in [5.74, 6) is 0.507. The molecule has 146 valence electrons. The maximum absolute atomic E-state index is 12.7. The molecule has 2 aromatic carbocycles. The first-order valence-corrected chi connectivity index (χ1v) is 9.66. The Kier molecular flexibility index (Phi) is 5.05. The topological polar surface area (TPSA) is 76.4 Å². The van der Waals surface area contributed by atoms with Gasteiger partial charge in [0.25, 0.3) is 5.91 Å². The summed E-state index contributed by atoms with van der Waals surface area (Å²) in [6.45, 7) is 0. The van der Waals surface area contributed by atoms with Crippen LogP contribution in [0.3, 0.4) is 0 Å². The summed E-state index contributed by atoms with van der Waals surface area (Å²) in [6, 6.07) is 13.6. The highest BCUT2D eigenvalue weighted by Gasteiger charge is 2.22. The maximum atomic E-state index is 12.7. The number of aliphatic hydroxyl groups excluding tert-OH is 1. The zero-order valence-corrected chi connectivity index (χ0v) is 16.2. The lowest BCUT2D eigenvalue weighted by Gasteiger charge is -2.26. The van der Waals surface area contributed by atoms with E-state index in [0.717, 1.165) is 47.8 Å². The fraction of sp³-hybridized carbons (Fsp3) is 0.364. The standard InChI is InChI=1S/C22H25N3O3/c1-25-19-6-4-3-5-17(19)21(24-25)18-12-7-14(13-20(18)28-2)22(27)23-15-8-10-16(26)11-9-15/h3-7,12-13,15-16,26H,8-11H2,1-2H3,(H,23,27). The largest absolute Gasteiger partial charge is 0.496 e. The Morgan fingerprint density at radius 1 is 1.18 bits per heavy atom. The van der Waals surface area contributed by atoms with Gasteiger partial charge in [-0.25, -0.2) is 0 Å². The molecule has 0 radical (unpaired) electrons. The van der Waals surface area contributed by atoms with Crippen molar-refractivity contribution in [3.05, 3.63) is 48.0 Å². The number of amides is 1.